The second-order valence-electron chi connectivity index (χ2n) is 6.14. The first-order valence-corrected chi connectivity index (χ1v) is 8.80. The van der Waals surface area contributed by atoms with Crippen LogP contribution in [0.4, 0.5) is 0 Å². The fraction of sp³-hybridized carbons (Fsp3) is 0.800. The van der Waals surface area contributed by atoms with Crippen molar-refractivity contribution in [2.75, 3.05) is 33.3 Å². The van der Waals surface area contributed by atoms with Crippen LogP contribution in [0.1, 0.15) is 42.3 Å². The summed E-state index contributed by atoms with van der Waals surface area (Å²) >= 11 is 1.91. The van der Waals surface area contributed by atoms with Crippen LogP contribution in [0.3, 0.4) is 0 Å². The summed E-state index contributed by atoms with van der Waals surface area (Å²) in [5.74, 6) is 0.678. The molecule has 0 radical (unpaired) electrons. The number of piperazine rings is 1. The summed E-state index contributed by atoms with van der Waals surface area (Å²) in [5, 5.41) is 7.22. The van der Waals surface area contributed by atoms with Crippen molar-refractivity contribution in [1.29, 1.82) is 0 Å². The van der Waals surface area contributed by atoms with Gasteiger partial charge in [-0.2, -0.15) is 4.98 Å². The average molecular weight is 297 g/mol. The van der Waals surface area contributed by atoms with Gasteiger partial charge in [0.05, 0.1) is 24.6 Å². The summed E-state index contributed by atoms with van der Waals surface area (Å²) in [6.45, 7) is 5.97. The number of hydrogen-bond donors (Lipinski definition) is 2. The minimum atomic E-state index is 0.462. The molecule has 1 saturated carbocycles. The highest BCUT2D eigenvalue weighted by atomic mass is 32.1. The Bertz CT molecular complexity index is 417. The SMILES string of the molecule is COC1CCCC(c2csc(C[NH+]3CCNCC3)[nH+]2)C1. The Morgan fingerprint density at radius 1 is 1.40 bits per heavy atom. The molecular weight excluding hydrogens is 270 g/mol. The minimum Gasteiger partial charge on any atom is -0.381 e. The van der Waals surface area contributed by atoms with Crippen LogP contribution in [0.25, 0.3) is 0 Å². The molecule has 1 aromatic rings. The number of thiazole rings is 1. The Morgan fingerprint density at radius 3 is 3.05 bits per heavy atom. The van der Waals surface area contributed by atoms with Gasteiger partial charge in [-0.05, 0) is 19.3 Å². The molecule has 5 heteroatoms. The lowest BCUT2D eigenvalue weighted by Crippen LogP contribution is -3.13. The molecule has 4 nitrogen and oxygen atoms in total. The molecule has 2 aliphatic rings. The van der Waals surface area contributed by atoms with Crippen LogP contribution >= 0.6 is 11.3 Å². The molecule has 2 atom stereocenters. The highest BCUT2D eigenvalue weighted by molar-refractivity contribution is 7.09. The molecule has 2 unspecified atom stereocenters. The van der Waals surface area contributed by atoms with E-state index in [0.717, 1.165) is 19.6 Å². The third-order valence-electron chi connectivity index (χ3n) is 4.73. The molecule has 2 heterocycles. The van der Waals surface area contributed by atoms with Gasteiger partial charge in [-0.3, -0.25) is 0 Å². The summed E-state index contributed by atoms with van der Waals surface area (Å²) in [4.78, 5) is 5.40. The standard InChI is InChI=1S/C15H25N3OS/c1-19-13-4-2-3-12(9-13)14-11-20-15(17-14)10-18-7-5-16-6-8-18/h11-13,16H,2-10H2,1H3/p+2. The smallest absolute Gasteiger partial charge is 0.291 e. The van der Waals surface area contributed by atoms with Crippen LogP contribution in [0, 0.1) is 0 Å². The zero-order chi connectivity index (χ0) is 13.8. The van der Waals surface area contributed by atoms with Crippen LogP contribution in [-0.4, -0.2) is 39.4 Å². The van der Waals surface area contributed by atoms with Gasteiger partial charge in [-0.1, -0.05) is 17.8 Å². The van der Waals surface area contributed by atoms with Gasteiger partial charge in [-0.25, -0.2) is 0 Å². The number of aromatic amines is 1. The van der Waals surface area contributed by atoms with E-state index < -0.39 is 0 Å². The molecule has 0 spiro atoms. The molecule has 0 aromatic carbocycles. The quantitative estimate of drug-likeness (QED) is 0.835. The first-order chi connectivity index (χ1) is 9.85. The predicted octanol–water partition coefficient (Wildman–Crippen LogP) is 0.223. The molecule has 112 valence electrons. The fourth-order valence-electron chi connectivity index (χ4n) is 3.46. The third-order valence-corrected chi connectivity index (χ3v) is 5.64. The summed E-state index contributed by atoms with van der Waals surface area (Å²) in [6.07, 6.45) is 5.49. The monoisotopic (exact) mass is 297 g/mol. The first kappa shape index (κ1) is 14.4. The highest BCUT2D eigenvalue weighted by Crippen LogP contribution is 2.32. The number of rotatable bonds is 4. The van der Waals surface area contributed by atoms with Crippen LogP contribution in [-0.2, 0) is 11.3 Å². The van der Waals surface area contributed by atoms with Gasteiger partial charge >= 0.3 is 0 Å². The van der Waals surface area contributed by atoms with E-state index in [0.29, 0.717) is 12.0 Å². The minimum absolute atomic E-state index is 0.462. The number of aromatic nitrogens is 1. The second-order valence-corrected chi connectivity index (χ2v) is 7.10. The van der Waals surface area contributed by atoms with Crippen molar-refractivity contribution in [3.8, 4) is 0 Å². The number of H-pyrrole nitrogens is 1. The van der Waals surface area contributed by atoms with Gasteiger partial charge < -0.3 is 15.0 Å². The maximum Gasteiger partial charge on any atom is 0.291 e. The van der Waals surface area contributed by atoms with Crippen molar-refractivity contribution in [2.45, 2.75) is 44.2 Å². The molecule has 20 heavy (non-hydrogen) atoms. The van der Waals surface area contributed by atoms with Gasteiger partial charge in [-0.15, -0.1) is 0 Å². The molecule has 0 amide bonds. The van der Waals surface area contributed by atoms with Crippen molar-refractivity contribution in [2.24, 2.45) is 0 Å². The zero-order valence-corrected chi connectivity index (χ0v) is 13.2. The predicted molar refractivity (Wildman–Crippen MR) is 80.2 cm³/mol. The van der Waals surface area contributed by atoms with Gasteiger partial charge in [0, 0.05) is 26.1 Å². The Labute approximate surface area is 125 Å². The number of quaternary nitrogens is 1. The fourth-order valence-corrected chi connectivity index (χ4v) is 4.45. The topological polar surface area (TPSA) is 39.8 Å². The maximum absolute atomic E-state index is 5.55. The molecule has 1 aromatic heterocycles. The van der Waals surface area contributed by atoms with Crippen LogP contribution < -0.4 is 15.2 Å². The lowest BCUT2D eigenvalue weighted by atomic mass is 9.85. The van der Waals surface area contributed by atoms with Crippen LogP contribution in [0.15, 0.2) is 5.38 Å². The van der Waals surface area contributed by atoms with Crippen molar-refractivity contribution in [3.05, 3.63) is 16.1 Å². The van der Waals surface area contributed by atoms with E-state index in [1.807, 2.05) is 18.4 Å². The Balaban J connectivity index is 1.58. The molecule has 0 bridgehead atoms. The molecule has 1 aliphatic carbocycles. The van der Waals surface area contributed by atoms with Gasteiger partial charge in [0.25, 0.3) is 5.01 Å². The van der Waals surface area contributed by atoms with Crippen LogP contribution in [0.5, 0.6) is 0 Å². The van der Waals surface area contributed by atoms with Crippen molar-refractivity contribution < 1.29 is 14.6 Å². The molecule has 1 saturated heterocycles. The lowest BCUT2D eigenvalue weighted by Gasteiger charge is -2.25. The summed E-state index contributed by atoms with van der Waals surface area (Å²) < 4.78 is 5.55. The van der Waals surface area contributed by atoms with Crippen LogP contribution in [0.2, 0.25) is 0 Å². The summed E-state index contributed by atoms with van der Waals surface area (Å²) in [6, 6.07) is 0. The second kappa shape index (κ2) is 6.98. The molecule has 3 N–H and O–H groups in total. The highest BCUT2D eigenvalue weighted by Gasteiger charge is 2.29. The molecule has 2 fully saturated rings. The maximum atomic E-state index is 5.55. The number of ether oxygens (including phenoxy) is 1. The molecule has 1 aliphatic heterocycles. The van der Waals surface area contributed by atoms with E-state index in [-0.39, 0.29) is 0 Å². The van der Waals surface area contributed by atoms with E-state index >= 15 is 0 Å². The molecular formula is C15H27N3OS+2. The van der Waals surface area contributed by atoms with E-state index in [1.165, 1.54) is 49.5 Å². The lowest BCUT2D eigenvalue weighted by molar-refractivity contribution is -0.919. The normalized spacial score (nSPS) is 28.6. The van der Waals surface area contributed by atoms with Gasteiger partial charge in [0.15, 0.2) is 12.2 Å². The van der Waals surface area contributed by atoms with E-state index in [1.54, 1.807) is 4.90 Å². The van der Waals surface area contributed by atoms with E-state index in [4.69, 9.17) is 4.74 Å². The van der Waals surface area contributed by atoms with Crippen molar-refractivity contribution in [1.82, 2.24) is 5.32 Å². The largest absolute Gasteiger partial charge is 0.381 e. The van der Waals surface area contributed by atoms with E-state index in [2.05, 4.69) is 15.7 Å². The van der Waals surface area contributed by atoms with E-state index in [9.17, 15) is 0 Å². The Morgan fingerprint density at radius 2 is 2.25 bits per heavy atom. The number of hydrogen-bond acceptors (Lipinski definition) is 3. The first-order valence-electron chi connectivity index (χ1n) is 7.92. The Hall–Kier alpha value is -0.490. The van der Waals surface area contributed by atoms with Gasteiger partial charge in [0.2, 0.25) is 0 Å². The average Bonchev–Trinajstić information content (AvgIpc) is 2.97. The summed E-state index contributed by atoms with van der Waals surface area (Å²) in [7, 11) is 1.85. The van der Waals surface area contributed by atoms with Crippen molar-refractivity contribution >= 4 is 11.3 Å². The van der Waals surface area contributed by atoms with Gasteiger partial charge in [0.1, 0.15) is 0 Å². The van der Waals surface area contributed by atoms with Crippen molar-refractivity contribution in [3.63, 3.8) is 0 Å². The summed E-state index contributed by atoms with van der Waals surface area (Å²) in [5.41, 5.74) is 1.45. The molecule has 3 rings (SSSR count). The number of methoxy groups -OCH3 is 1. The zero-order valence-electron chi connectivity index (χ0n) is 12.4. The Kier molecular flexibility index (Phi) is 5.04. The number of nitrogens with one attached hydrogen (secondary N) is 3. The third kappa shape index (κ3) is 3.58.